The van der Waals surface area contributed by atoms with Gasteiger partial charge in [0.05, 0.1) is 22.8 Å². The van der Waals surface area contributed by atoms with Crippen LogP contribution in [-0.2, 0) is 0 Å². The maximum atomic E-state index is 12.4. The first kappa shape index (κ1) is 19.0. The molecular formula is C21H19N7O3S. The fraction of sp³-hybridized carbons (Fsp3) is 0.286. The number of aromatic hydroxyl groups is 1. The lowest BCUT2D eigenvalue weighted by atomic mass is 10.2. The Morgan fingerprint density at radius 3 is 2.84 bits per heavy atom. The molecule has 32 heavy (non-hydrogen) atoms. The lowest BCUT2D eigenvalue weighted by Gasteiger charge is -2.01. The van der Waals surface area contributed by atoms with Gasteiger partial charge in [-0.05, 0) is 37.8 Å². The number of imidazole rings is 1. The molecule has 2 aliphatic carbocycles. The monoisotopic (exact) mass is 449 g/mol. The molecule has 4 N–H and O–H groups in total. The number of fused-ring (bicyclic) bond motifs is 1. The Morgan fingerprint density at radius 1 is 1.28 bits per heavy atom. The highest BCUT2D eigenvalue weighted by atomic mass is 32.1. The Bertz CT molecular complexity index is 1540. The third-order valence-corrected chi connectivity index (χ3v) is 6.34. The first-order chi connectivity index (χ1) is 15.5. The number of nitrogens with zero attached hydrogens (tertiary/aromatic N) is 4. The predicted molar refractivity (Wildman–Crippen MR) is 117 cm³/mol. The van der Waals surface area contributed by atoms with Gasteiger partial charge in [0.2, 0.25) is 5.88 Å². The summed E-state index contributed by atoms with van der Waals surface area (Å²) < 4.78 is 1.66. The molecule has 6 rings (SSSR count). The Morgan fingerprint density at radius 2 is 2.12 bits per heavy atom. The summed E-state index contributed by atoms with van der Waals surface area (Å²) in [5, 5.41) is 19.9. The number of amides is 1. The summed E-state index contributed by atoms with van der Waals surface area (Å²) in [6, 6.07) is 4.30. The molecule has 0 atom stereocenters. The van der Waals surface area contributed by atoms with E-state index in [1.165, 1.54) is 11.3 Å². The summed E-state index contributed by atoms with van der Waals surface area (Å²) >= 11 is 1.38. The summed E-state index contributed by atoms with van der Waals surface area (Å²) in [5.74, 6) is -0.310. The zero-order chi connectivity index (χ0) is 21.8. The molecule has 4 aromatic rings. The van der Waals surface area contributed by atoms with E-state index in [0.717, 1.165) is 31.2 Å². The van der Waals surface area contributed by atoms with Gasteiger partial charge in [-0.25, -0.2) is 9.78 Å². The largest absolute Gasteiger partial charge is 0.493 e. The molecule has 0 unspecified atom stereocenters. The topological polar surface area (TPSA) is 141 Å². The number of carbonyl (C=O) groups is 1. The third kappa shape index (κ3) is 3.60. The quantitative estimate of drug-likeness (QED) is 0.355. The Hall–Kier alpha value is -3.73. The second kappa shape index (κ2) is 7.16. The molecule has 0 aromatic carbocycles. The molecule has 11 heteroatoms. The van der Waals surface area contributed by atoms with Crippen molar-refractivity contribution in [1.82, 2.24) is 29.9 Å². The first-order valence-corrected chi connectivity index (χ1v) is 11.3. The maximum Gasteiger partial charge on any atom is 0.326 e. The van der Waals surface area contributed by atoms with E-state index < -0.39 is 5.69 Å². The molecule has 2 fully saturated rings. The third-order valence-electron chi connectivity index (χ3n) is 5.41. The highest BCUT2D eigenvalue weighted by Gasteiger charge is 2.25. The van der Waals surface area contributed by atoms with Gasteiger partial charge in [0.1, 0.15) is 5.69 Å². The van der Waals surface area contributed by atoms with Crippen molar-refractivity contribution in [3.8, 4) is 17.1 Å². The van der Waals surface area contributed by atoms with Crippen LogP contribution in [0.25, 0.3) is 23.0 Å². The first-order valence-electron chi connectivity index (χ1n) is 10.4. The molecule has 0 aliphatic heterocycles. The number of aromatic nitrogens is 5. The molecule has 2 saturated carbocycles. The van der Waals surface area contributed by atoms with Crippen LogP contribution in [0.3, 0.4) is 0 Å². The van der Waals surface area contributed by atoms with Crippen molar-refractivity contribution in [1.29, 1.82) is 0 Å². The second-order valence-corrected chi connectivity index (χ2v) is 9.04. The van der Waals surface area contributed by atoms with Crippen LogP contribution < -0.4 is 21.7 Å². The summed E-state index contributed by atoms with van der Waals surface area (Å²) in [6.07, 6.45) is 7.39. The van der Waals surface area contributed by atoms with E-state index >= 15 is 0 Å². The molecule has 0 saturated heterocycles. The molecule has 4 aromatic heterocycles. The smallest absolute Gasteiger partial charge is 0.326 e. The molecular weight excluding hydrogens is 430 g/mol. The second-order valence-electron chi connectivity index (χ2n) is 8.13. The molecule has 4 heterocycles. The lowest BCUT2D eigenvalue weighted by Crippen LogP contribution is -2.24. The normalized spacial score (nSPS) is 17.4. The number of hydrogen-bond acceptors (Lipinski definition) is 7. The van der Waals surface area contributed by atoms with Gasteiger partial charge in [0.15, 0.2) is 11.1 Å². The average Bonchev–Trinajstić information content (AvgIpc) is 3.63. The van der Waals surface area contributed by atoms with E-state index in [1.54, 1.807) is 16.8 Å². The maximum absolute atomic E-state index is 12.4. The molecule has 0 spiro atoms. The zero-order valence-corrected chi connectivity index (χ0v) is 17.6. The van der Waals surface area contributed by atoms with Crippen molar-refractivity contribution in [3.05, 3.63) is 55.5 Å². The van der Waals surface area contributed by atoms with Crippen LogP contribution >= 0.6 is 11.3 Å². The van der Waals surface area contributed by atoms with Gasteiger partial charge in [-0.2, -0.15) is 9.61 Å². The predicted octanol–water partition coefficient (Wildman–Crippen LogP) is 0.683. The van der Waals surface area contributed by atoms with Crippen LogP contribution in [0.5, 0.6) is 5.88 Å². The van der Waals surface area contributed by atoms with Crippen molar-refractivity contribution in [2.45, 2.75) is 37.8 Å². The van der Waals surface area contributed by atoms with Crippen molar-refractivity contribution in [2.24, 2.45) is 4.99 Å². The molecule has 1 amide bonds. The molecule has 2 aliphatic rings. The Labute approximate surface area is 184 Å². The van der Waals surface area contributed by atoms with E-state index in [1.807, 2.05) is 17.5 Å². The summed E-state index contributed by atoms with van der Waals surface area (Å²) in [5.41, 5.74) is 2.47. The summed E-state index contributed by atoms with van der Waals surface area (Å²) in [7, 11) is 0. The van der Waals surface area contributed by atoms with E-state index in [4.69, 9.17) is 9.98 Å². The minimum atomic E-state index is -0.501. The van der Waals surface area contributed by atoms with Crippen LogP contribution in [0.15, 0.2) is 33.5 Å². The Balaban J connectivity index is 1.48. The highest BCUT2D eigenvalue weighted by Crippen LogP contribution is 2.26. The number of carbonyl (C=O) groups excluding carboxylic acids is 1. The van der Waals surface area contributed by atoms with Gasteiger partial charge in [-0.15, -0.1) is 11.3 Å². The van der Waals surface area contributed by atoms with Crippen LogP contribution in [0, 0.1) is 0 Å². The number of nitrogens with one attached hydrogen (secondary N) is 3. The van der Waals surface area contributed by atoms with E-state index in [0.29, 0.717) is 33.0 Å². The fourth-order valence-corrected chi connectivity index (χ4v) is 4.22. The fourth-order valence-electron chi connectivity index (χ4n) is 3.42. The number of thiophene rings is 1. The standard InChI is InChI=1S/C21H19N7O3S/c29-19-15(26-21(31)27-19)5-10-8-22-28-17(23-12-1-2-12)7-14(25-18(10)28)11-6-16(32-9-11)20(30)24-13-3-4-13/h5-9,12-13,29H,1-4H2,(H,24,30)(H2,26,27,31). The van der Waals surface area contributed by atoms with E-state index in [9.17, 15) is 14.7 Å². The lowest BCUT2D eigenvalue weighted by molar-refractivity contribution is 0.0955. The van der Waals surface area contributed by atoms with Gasteiger partial charge < -0.3 is 15.4 Å². The van der Waals surface area contributed by atoms with Crippen molar-refractivity contribution >= 4 is 29.0 Å². The van der Waals surface area contributed by atoms with Crippen LogP contribution in [0.1, 0.15) is 41.0 Å². The average molecular weight is 449 g/mol. The van der Waals surface area contributed by atoms with Crippen LogP contribution in [-0.4, -0.2) is 47.7 Å². The number of H-pyrrole nitrogens is 2. The summed E-state index contributed by atoms with van der Waals surface area (Å²) in [4.78, 5) is 38.9. The van der Waals surface area contributed by atoms with Crippen LogP contribution in [0.4, 0.5) is 0 Å². The SMILES string of the molecule is O=C(NC1CC1)c1cc(-c2cc(=NC3CC3)n3ncc(=Cc4[nH]c(=O)[nH]c4O)c3n2)cs1. The van der Waals surface area contributed by atoms with E-state index in [2.05, 4.69) is 20.4 Å². The van der Waals surface area contributed by atoms with Crippen molar-refractivity contribution in [2.75, 3.05) is 0 Å². The summed E-state index contributed by atoms with van der Waals surface area (Å²) in [6.45, 7) is 0. The van der Waals surface area contributed by atoms with Crippen molar-refractivity contribution in [3.63, 3.8) is 0 Å². The minimum absolute atomic E-state index is 0.0574. The van der Waals surface area contributed by atoms with Gasteiger partial charge in [-0.1, -0.05) is 0 Å². The van der Waals surface area contributed by atoms with E-state index in [-0.39, 0.29) is 23.5 Å². The van der Waals surface area contributed by atoms with Gasteiger partial charge in [0, 0.05) is 28.3 Å². The van der Waals surface area contributed by atoms with Crippen molar-refractivity contribution < 1.29 is 9.90 Å². The van der Waals surface area contributed by atoms with Crippen LogP contribution in [0.2, 0.25) is 0 Å². The molecule has 10 nitrogen and oxygen atoms in total. The van der Waals surface area contributed by atoms with Gasteiger partial charge >= 0.3 is 5.69 Å². The zero-order valence-electron chi connectivity index (χ0n) is 16.8. The number of hydrogen-bond donors (Lipinski definition) is 4. The molecule has 0 bridgehead atoms. The number of aromatic amines is 2. The Kier molecular flexibility index (Phi) is 4.25. The van der Waals surface area contributed by atoms with Gasteiger partial charge in [0.25, 0.3) is 5.91 Å². The van der Waals surface area contributed by atoms with Gasteiger partial charge in [-0.3, -0.25) is 14.8 Å². The number of rotatable bonds is 5. The molecule has 162 valence electrons. The minimum Gasteiger partial charge on any atom is -0.493 e. The highest BCUT2D eigenvalue weighted by molar-refractivity contribution is 7.12. The molecule has 0 radical (unpaired) electrons.